The lowest BCUT2D eigenvalue weighted by atomic mass is 10.0. The highest BCUT2D eigenvalue weighted by molar-refractivity contribution is 7.92. The molecular weight excluding hydrogens is 512 g/mol. The number of anilines is 2. The summed E-state index contributed by atoms with van der Waals surface area (Å²) in [6.07, 6.45) is 4.71. The first-order valence-electron chi connectivity index (χ1n) is 11.2. The largest absolute Gasteiger partial charge is 0.351 e. The zero-order valence-corrected chi connectivity index (χ0v) is 21.2. The van der Waals surface area contributed by atoms with Crippen LogP contribution in [-0.2, 0) is 10.0 Å². The van der Waals surface area contributed by atoms with Gasteiger partial charge in [0.2, 0.25) is 10.0 Å². The van der Waals surface area contributed by atoms with E-state index in [9.17, 15) is 18.5 Å². The van der Waals surface area contributed by atoms with Crippen LogP contribution in [0.4, 0.5) is 17.1 Å². The van der Waals surface area contributed by atoms with Gasteiger partial charge >= 0.3 is 0 Å². The molecule has 0 radical (unpaired) electrons. The van der Waals surface area contributed by atoms with Gasteiger partial charge in [-0.05, 0) is 72.9 Å². The van der Waals surface area contributed by atoms with Gasteiger partial charge in [-0.1, -0.05) is 6.07 Å². The van der Waals surface area contributed by atoms with Gasteiger partial charge in [-0.25, -0.2) is 8.42 Å². The third kappa shape index (κ3) is 5.01. The molecule has 4 aromatic rings. The lowest BCUT2D eigenvalue weighted by Gasteiger charge is -2.29. The van der Waals surface area contributed by atoms with E-state index in [4.69, 9.17) is 12.2 Å². The lowest BCUT2D eigenvalue weighted by molar-refractivity contribution is -0.384. The van der Waals surface area contributed by atoms with Crippen LogP contribution in [0.5, 0.6) is 0 Å². The second-order valence-electron chi connectivity index (χ2n) is 8.49. The van der Waals surface area contributed by atoms with Crippen LogP contribution >= 0.6 is 12.2 Å². The van der Waals surface area contributed by atoms with Crippen molar-refractivity contribution in [3.8, 4) is 5.69 Å². The SMILES string of the molecule is CS(=O)(=O)Nc1ccc(N2C(=S)NC(c3ccccn3)C2c2cccn2-c2ccc([N+](=O)[O-])cc2)cc1. The Bertz CT molecular complexity index is 1550. The molecule has 37 heavy (non-hydrogen) atoms. The molecule has 2 aromatic carbocycles. The van der Waals surface area contributed by atoms with Gasteiger partial charge in [-0.3, -0.25) is 19.8 Å². The molecule has 0 saturated carbocycles. The molecule has 1 fully saturated rings. The van der Waals surface area contributed by atoms with Gasteiger partial charge in [0.15, 0.2) is 5.11 Å². The first-order chi connectivity index (χ1) is 17.7. The van der Waals surface area contributed by atoms with Crippen molar-refractivity contribution in [3.05, 3.63) is 113 Å². The predicted molar refractivity (Wildman–Crippen MR) is 145 cm³/mol. The minimum Gasteiger partial charge on any atom is -0.351 e. The molecule has 2 unspecified atom stereocenters. The molecular formula is C25H22N6O4S2. The Kier molecular flexibility index (Phi) is 6.36. The molecule has 0 amide bonds. The number of nitrogens with one attached hydrogen (secondary N) is 2. The van der Waals surface area contributed by atoms with E-state index in [1.165, 1.54) is 12.1 Å². The summed E-state index contributed by atoms with van der Waals surface area (Å²) in [4.78, 5) is 17.2. The van der Waals surface area contributed by atoms with Gasteiger partial charge in [0.05, 0.1) is 22.9 Å². The van der Waals surface area contributed by atoms with Crippen LogP contribution in [0.1, 0.15) is 23.5 Å². The van der Waals surface area contributed by atoms with Gasteiger partial charge in [-0.15, -0.1) is 0 Å². The highest BCUT2D eigenvalue weighted by atomic mass is 32.2. The molecule has 5 rings (SSSR count). The average molecular weight is 535 g/mol. The molecule has 188 valence electrons. The molecule has 1 aliphatic rings. The molecule has 1 saturated heterocycles. The van der Waals surface area contributed by atoms with Gasteiger partial charge in [0, 0.05) is 47.3 Å². The van der Waals surface area contributed by atoms with Crippen LogP contribution in [0.15, 0.2) is 91.3 Å². The van der Waals surface area contributed by atoms with Crippen molar-refractivity contribution in [2.45, 2.75) is 12.1 Å². The van der Waals surface area contributed by atoms with E-state index in [2.05, 4.69) is 15.0 Å². The Labute approximate surface area is 218 Å². The van der Waals surface area contributed by atoms with Crippen LogP contribution < -0.4 is 14.9 Å². The van der Waals surface area contributed by atoms with E-state index in [0.717, 1.165) is 29.0 Å². The number of pyridine rings is 1. The molecule has 2 N–H and O–H groups in total. The molecule has 0 aliphatic carbocycles. The van der Waals surface area contributed by atoms with E-state index >= 15 is 0 Å². The molecule has 2 atom stereocenters. The van der Waals surface area contributed by atoms with Gasteiger partial charge < -0.3 is 14.8 Å². The van der Waals surface area contributed by atoms with E-state index in [0.29, 0.717) is 10.8 Å². The Morgan fingerprint density at radius 2 is 1.70 bits per heavy atom. The number of thiocarbonyl (C=S) groups is 1. The number of hydrogen-bond acceptors (Lipinski definition) is 6. The Balaban J connectivity index is 1.59. The lowest BCUT2D eigenvalue weighted by Crippen LogP contribution is -2.30. The zero-order chi connectivity index (χ0) is 26.2. The standard InChI is InChI=1S/C25H22N6O4S2/c1-37(34,35)28-17-7-9-19(10-8-17)30-24(23(27-25(30)36)21-5-2-3-15-26-21)22-6-4-16-29(22)18-11-13-20(14-12-18)31(32)33/h2-16,23-24,28H,1H3,(H,27,36). The Hall–Kier alpha value is -4.29. The summed E-state index contributed by atoms with van der Waals surface area (Å²) in [5.41, 5.74) is 3.65. The minimum absolute atomic E-state index is 0.0111. The van der Waals surface area contributed by atoms with E-state index in [-0.39, 0.29) is 17.8 Å². The zero-order valence-electron chi connectivity index (χ0n) is 19.6. The van der Waals surface area contributed by atoms with Gasteiger partial charge in [0.25, 0.3) is 5.69 Å². The smallest absolute Gasteiger partial charge is 0.269 e. The third-order valence-corrected chi connectivity index (χ3v) is 6.89. The van der Waals surface area contributed by atoms with E-state index < -0.39 is 14.9 Å². The van der Waals surface area contributed by atoms with Crippen molar-refractivity contribution in [2.75, 3.05) is 15.9 Å². The number of nitro groups is 1. The predicted octanol–water partition coefficient (Wildman–Crippen LogP) is 4.33. The first-order valence-corrected chi connectivity index (χ1v) is 13.5. The maximum atomic E-state index is 11.6. The fourth-order valence-electron chi connectivity index (χ4n) is 4.44. The summed E-state index contributed by atoms with van der Waals surface area (Å²) in [7, 11) is -3.41. The summed E-state index contributed by atoms with van der Waals surface area (Å²) in [5, 5.41) is 15.0. The number of benzene rings is 2. The molecule has 3 heterocycles. The number of nitrogens with zero attached hydrogens (tertiary/aromatic N) is 4. The molecule has 0 spiro atoms. The van der Waals surface area contributed by atoms with Crippen LogP contribution in [0, 0.1) is 10.1 Å². The van der Waals surface area contributed by atoms with Crippen molar-refractivity contribution >= 4 is 44.4 Å². The fraction of sp³-hybridized carbons (Fsp3) is 0.120. The molecule has 2 aromatic heterocycles. The number of aromatic nitrogens is 2. The first kappa shape index (κ1) is 24.4. The number of nitro benzene ring substituents is 1. The summed E-state index contributed by atoms with van der Waals surface area (Å²) in [5.74, 6) is 0. The number of hydrogen-bond donors (Lipinski definition) is 2. The highest BCUT2D eigenvalue weighted by Crippen LogP contribution is 2.42. The van der Waals surface area contributed by atoms with E-state index in [1.807, 2.05) is 46.0 Å². The molecule has 12 heteroatoms. The van der Waals surface area contributed by atoms with Crippen LogP contribution in [0.25, 0.3) is 5.69 Å². The number of sulfonamides is 1. The topological polar surface area (TPSA) is 122 Å². The second kappa shape index (κ2) is 9.64. The maximum absolute atomic E-state index is 11.6. The Morgan fingerprint density at radius 1 is 1.00 bits per heavy atom. The fourth-order valence-corrected chi connectivity index (χ4v) is 5.35. The van der Waals surface area contributed by atoms with Gasteiger partial charge in [-0.2, -0.15) is 0 Å². The maximum Gasteiger partial charge on any atom is 0.269 e. The number of rotatable bonds is 7. The van der Waals surface area contributed by atoms with Crippen molar-refractivity contribution in [3.63, 3.8) is 0 Å². The van der Waals surface area contributed by atoms with Crippen LogP contribution in [0.3, 0.4) is 0 Å². The molecule has 10 nitrogen and oxygen atoms in total. The molecule has 1 aliphatic heterocycles. The van der Waals surface area contributed by atoms with Crippen molar-refractivity contribution in [1.29, 1.82) is 0 Å². The summed E-state index contributed by atoms with van der Waals surface area (Å²) in [6, 6.07) is 22.2. The Morgan fingerprint density at radius 3 is 2.32 bits per heavy atom. The second-order valence-corrected chi connectivity index (χ2v) is 10.6. The third-order valence-electron chi connectivity index (χ3n) is 5.97. The average Bonchev–Trinajstić information content (AvgIpc) is 3.48. The minimum atomic E-state index is -3.41. The normalized spacial score (nSPS) is 17.4. The highest BCUT2D eigenvalue weighted by Gasteiger charge is 2.42. The summed E-state index contributed by atoms with van der Waals surface area (Å²) < 4.78 is 27.7. The van der Waals surface area contributed by atoms with Crippen LogP contribution in [-0.4, -0.2) is 34.3 Å². The van der Waals surface area contributed by atoms with Crippen molar-refractivity contribution < 1.29 is 13.3 Å². The van der Waals surface area contributed by atoms with Gasteiger partial charge in [0.1, 0.15) is 6.04 Å². The van der Waals surface area contributed by atoms with Crippen molar-refractivity contribution in [1.82, 2.24) is 14.9 Å². The van der Waals surface area contributed by atoms with Crippen molar-refractivity contribution in [2.24, 2.45) is 0 Å². The summed E-state index contributed by atoms with van der Waals surface area (Å²) >= 11 is 5.77. The van der Waals surface area contributed by atoms with Crippen LogP contribution in [0.2, 0.25) is 0 Å². The number of non-ortho nitro benzene ring substituents is 1. The summed E-state index contributed by atoms with van der Waals surface area (Å²) in [6.45, 7) is 0. The molecule has 0 bridgehead atoms. The quantitative estimate of drug-likeness (QED) is 0.204. The monoisotopic (exact) mass is 534 g/mol. The van der Waals surface area contributed by atoms with E-state index in [1.54, 1.807) is 42.6 Å².